The van der Waals surface area contributed by atoms with Crippen LogP contribution in [0.2, 0.25) is 0 Å². The van der Waals surface area contributed by atoms with Crippen molar-refractivity contribution in [3.05, 3.63) is 0 Å². The zero-order valence-electron chi connectivity index (χ0n) is 5.30. The molecule has 0 radical (unpaired) electrons. The summed E-state index contributed by atoms with van der Waals surface area (Å²) in [6, 6.07) is 0. The molecule has 1 heterocycles. The Morgan fingerprint density at radius 1 is 1.44 bits per heavy atom. The molecule has 0 aromatic carbocycles. The van der Waals surface area contributed by atoms with Crippen LogP contribution in [0.5, 0.6) is 0 Å². The number of carbonyl (C=O) groups excluding carboxylic acids is 1. The SMILES string of the molecule is C1CCOC1.NNC=O. The summed E-state index contributed by atoms with van der Waals surface area (Å²) >= 11 is 0. The topological polar surface area (TPSA) is 64.3 Å². The van der Waals surface area contributed by atoms with Crippen LogP contribution >= 0.6 is 0 Å². The summed E-state index contributed by atoms with van der Waals surface area (Å²) in [6.07, 6.45) is 2.96. The smallest absolute Gasteiger partial charge is 0.221 e. The van der Waals surface area contributed by atoms with Gasteiger partial charge in [0.05, 0.1) is 0 Å². The van der Waals surface area contributed by atoms with Crippen LogP contribution in [0.1, 0.15) is 12.8 Å². The summed E-state index contributed by atoms with van der Waals surface area (Å²) in [6.45, 7) is 2.00. The minimum Gasteiger partial charge on any atom is -0.381 e. The van der Waals surface area contributed by atoms with Crippen LogP contribution < -0.4 is 11.3 Å². The second-order valence-electron chi connectivity index (χ2n) is 1.60. The molecule has 0 bridgehead atoms. The van der Waals surface area contributed by atoms with Crippen molar-refractivity contribution < 1.29 is 9.53 Å². The summed E-state index contributed by atoms with van der Waals surface area (Å²) in [5.74, 6) is 4.41. The van der Waals surface area contributed by atoms with Crippen molar-refractivity contribution in [3.8, 4) is 0 Å². The number of hydrazine groups is 1. The number of ether oxygens (including phenoxy) is 1. The highest BCUT2D eigenvalue weighted by Gasteiger charge is 1.94. The fourth-order valence-electron chi connectivity index (χ4n) is 0.510. The van der Waals surface area contributed by atoms with E-state index in [1.807, 2.05) is 0 Å². The number of amides is 1. The molecule has 1 amide bonds. The van der Waals surface area contributed by atoms with Crippen LogP contribution in [-0.2, 0) is 9.53 Å². The molecule has 1 rings (SSSR count). The molecular formula is C5H12N2O2. The van der Waals surface area contributed by atoms with E-state index in [0.717, 1.165) is 13.2 Å². The Kier molecular flexibility index (Phi) is 6.89. The lowest BCUT2D eigenvalue weighted by Crippen LogP contribution is -2.18. The molecule has 9 heavy (non-hydrogen) atoms. The fourth-order valence-corrected chi connectivity index (χ4v) is 0.510. The Bertz CT molecular complexity index is 56.4. The highest BCUT2D eigenvalue weighted by atomic mass is 16.5. The van der Waals surface area contributed by atoms with E-state index in [1.165, 1.54) is 12.8 Å². The van der Waals surface area contributed by atoms with Gasteiger partial charge in [-0.2, -0.15) is 0 Å². The molecule has 0 aromatic rings. The summed E-state index contributed by atoms with van der Waals surface area (Å²) in [7, 11) is 0. The zero-order valence-corrected chi connectivity index (χ0v) is 5.30. The monoisotopic (exact) mass is 132 g/mol. The molecule has 1 aliphatic rings. The van der Waals surface area contributed by atoms with Crippen LogP contribution in [0.3, 0.4) is 0 Å². The molecule has 1 aliphatic heterocycles. The maximum atomic E-state index is 8.94. The van der Waals surface area contributed by atoms with Crippen molar-refractivity contribution >= 4 is 6.41 Å². The molecule has 0 spiro atoms. The highest BCUT2D eigenvalue weighted by molar-refractivity contribution is 5.44. The molecule has 4 nitrogen and oxygen atoms in total. The van der Waals surface area contributed by atoms with E-state index < -0.39 is 0 Å². The number of rotatable bonds is 1. The Morgan fingerprint density at radius 2 is 1.89 bits per heavy atom. The van der Waals surface area contributed by atoms with Crippen molar-refractivity contribution in [1.29, 1.82) is 0 Å². The van der Waals surface area contributed by atoms with Crippen molar-refractivity contribution in [2.75, 3.05) is 13.2 Å². The highest BCUT2D eigenvalue weighted by Crippen LogP contribution is 1.98. The molecule has 0 saturated carbocycles. The zero-order chi connectivity index (χ0) is 6.95. The number of carbonyl (C=O) groups is 1. The molecule has 0 aromatic heterocycles. The third-order valence-electron chi connectivity index (χ3n) is 0.895. The first kappa shape index (κ1) is 8.39. The second-order valence-corrected chi connectivity index (χ2v) is 1.60. The van der Waals surface area contributed by atoms with E-state index >= 15 is 0 Å². The van der Waals surface area contributed by atoms with E-state index in [0.29, 0.717) is 6.41 Å². The fraction of sp³-hybridized carbons (Fsp3) is 0.800. The molecule has 3 N–H and O–H groups in total. The molecule has 4 heteroatoms. The maximum Gasteiger partial charge on any atom is 0.221 e. The molecule has 54 valence electrons. The summed E-state index contributed by atoms with van der Waals surface area (Å²) < 4.78 is 4.94. The van der Waals surface area contributed by atoms with Crippen molar-refractivity contribution in [1.82, 2.24) is 5.43 Å². The van der Waals surface area contributed by atoms with Crippen molar-refractivity contribution in [2.45, 2.75) is 12.8 Å². The minimum atomic E-state index is 0.403. The van der Waals surface area contributed by atoms with Gasteiger partial charge in [0, 0.05) is 13.2 Å². The third-order valence-corrected chi connectivity index (χ3v) is 0.895. The minimum absolute atomic E-state index is 0.403. The van der Waals surface area contributed by atoms with E-state index in [9.17, 15) is 0 Å². The van der Waals surface area contributed by atoms with Crippen LogP contribution in [0.4, 0.5) is 0 Å². The van der Waals surface area contributed by atoms with Gasteiger partial charge < -0.3 is 4.74 Å². The Balaban J connectivity index is 0.000000148. The van der Waals surface area contributed by atoms with Crippen LogP contribution in [0.25, 0.3) is 0 Å². The van der Waals surface area contributed by atoms with Gasteiger partial charge in [0.15, 0.2) is 0 Å². The summed E-state index contributed by atoms with van der Waals surface area (Å²) in [5, 5.41) is 0. The molecule has 1 fully saturated rings. The first-order valence-corrected chi connectivity index (χ1v) is 2.89. The van der Waals surface area contributed by atoms with Gasteiger partial charge in [-0.1, -0.05) is 0 Å². The van der Waals surface area contributed by atoms with Gasteiger partial charge in [0.25, 0.3) is 0 Å². The Hall–Kier alpha value is -0.610. The Labute approximate surface area is 54.3 Å². The van der Waals surface area contributed by atoms with Gasteiger partial charge in [0.1, 0.15) is 0 Å². The van der Waals surface area contributed by atoms with Crippen molar-refractivity contribution in [3.63, 3.8) is 0 Å². The van der Waals surface area contributed by atoms with Gasteiger partial charge in [-0.3, -0.25) is 10.2 Å². The second kappa shape index (κ2) is 7.39. The predicted molar refractivity (Wildman–Crippen MR) is 33.4 cm³/mol. The lowest BCUT2D eigenvalue weighted by Gasteiger charge is -1.76. The number of hydrogen-bond acceptors (Lipinski definition) is 3. The molecule has 0 atom stereocenters. The molecule has 0 unspecified atom stereocenters. The van der Waals surface area contributed by atoms with Crippen molar-refractivity contribution in [2.24, 2.45) is 5.84 Å². The molecule has 1 saturated heterocycles. The van der Waals surface area contributed by atoms with E-state index in [4.69, 9.17) is 9.53 Å². The maximum absolute atomic E-state index is 8.94. The first-order valence-electron chi connectivity index (χ1n) is 2.89. The standard InChI is InChI=1S/C4H8O.CH4N2O/c1-2-4-5-3-1;2-3-1-4/h1-4H2;1H,2H2,(H,3,4). The van der Waals surface area contributed by atoms with Gasteiger partial charge in [-0.25, -0.2) is 5.84 Å². The van der Waals surface area contributed by atoms with E-state index in [2.05, 4.69) is 5.84 Å². The van der Waals surface area contributed by atoms with E-state index in [-0.39, 0.29) is 0 Å². The van der Waals surface area contributed by atoms with Crippen LogP contribution in [0, 0.1) is 0 Å². The third kappa shape index (κ3) is 7.39. The normalized spacial score (nSPS) is 15.7. The van der Waals surface area contributed by atoms with Gasteiger partial charge in [-0.15, -0.1) is 0 Å². The first-order chi connectivity index (χ1) is 4.41. The number of nitrogens with one attached hydrogen (secondary N) is 1. The largest absolute Gasteiger partial charge is 0.381 e. The van der Waals surface area contributed by atoms with Gasteiger partial charge in [0.2, 0.25) is 6.41 Å². The number of hydrogen-bond donors (Lipinski definition) is 2. The van der Waals surface area contributed by atoms with Crippen LogP contribution in [-0.4, -0.2) is 19.6 Å². The Morgan fingerprint density at radius 3 is 2.00 bits per heavy atom. The van der Waals surface area contributed by atoms with Crippen LogP contribution in [0.15, 0.2) is 0 Å². The van der Waals surface area contributed by atoms with Gasteiger partial charge in [-0.05, 0) is 12.8 Å². The summed E-state index contributed by atoms with van der Waals surface area (Å²) in [5.41, 5.74) is 1.75. The van der Waals surface area contributed by atoms with E-state index in [1.54, 1.807) is 5.43 Å². The lowest BCUT2D eigenvalue weighted by atomic mass is 10.4. The molecular weight excluding hydrogens is 120 g/mol. The number of nitrogens with two attached hydrogens (primary N) is 1. The molecule has 0 aliphatic carbocycles. The van der Waals surface area contributed by atoms with Gasteiger partial charge >= 0.3 is 0 Å². The lowest BCUT2D eigenvalue weighted by molar-refractivity contribution is -0.109. The predicted octanol–water partition coefficient (Wildman–Crippen LogP) is -0.597. The average molecular weight is 132 g/mol. The average Bonchev–Trinajstić information content (AvgIpc) is 2.43. The summed E-state index contributed by atoms with van der Waals surface area (Å²) in [4.78, 5) is 8.94. The quantitative estimate of drug-likeness (QED) is 0.217.